The van der Waals surface area contributed by atoms with E-state index in [1.165, 1.54) is 55.6 Å². The molecule has 0 N–H and O–H groups in total. The molecule has 9 aromatic carbocycles. The van der Waals surface area contributed by atoms with E-state index >= 15 is 0 Å². The summed E-state index contributed by atoms with van der Waals surface area (Å²) < 4.78 is 6.46. The number of aryl methyl sites for hydroxylation is 1. The number of fused-ring (bicyclic) bond motifs is 10. The molecule has 0 amide bonds. The molecule has 2 heteroatoms. The Bertz CT molecular complexity index is 3210. The average Bonchev–Trinajstić information content (AvgIpc) is 3.98. The number of nitrogens with zero attached hydrogens (tertiary/aromatic N) is 1. The number of furan rings is 1. The fourth-order valence-electron chi connectivity index (χ4n) is 10.3. The predicted molar refractivity (Wildman–Crippen MR) is 245 cm³/mol. The Morgan fingerprint density at radius 1 is 0.390 bits per heavy atom. The molecular weight excluding hydrogens is 715 g/mol. The van der Waals surface area contributed by atoms with E-state index in [-0.39, 0.29) is 5.41 Å². The van der Waals surface area contributed by atoms with Crippen LogP contribution in [0.25, 0.3) is 66.4 Å². The Hall–Kier alpha value is -7.42. The minimum absolute atomic E-state index is 0.121. The second-order valence-corrected chi connectivity index (χ2v) is 16.0. The van der Waals surface area contributed by atoms with E-state index in [9.17, 15) is 0 Å². The van der Waals surface area contributed by atoms with Crippen molar-refractivity contribution < 1.29 is 4.42 Å². The van der Waals surface area contributed by atoms with Crippen molar-refractivity contribution in [2.45, 2.75) is 18.3 Å². The molecule has 0 saturated heterocycles. The first-order valence-corrected chi connectivity index (χ1v) is 20.6. The van der Waals surface area contributed by atoms with Crippen molar-refractivity contribution in [3.05, 3.63) is 235 Å². The lowest BCUT2D eigenvalue weighted by Crippen LogP contribution is -2.23. The number of hydrogen-bond donors (Lipinski definition) is 0. The van der Waals surface area contributed by atoms with Crippen LogP contribution >= 0.6 is 0 Å². The molecule has 12 rings (SSSR count). The number of benzene rings is 9. The molecule has 0 aliphatic heterocycles. The van der Waals surface area contributed by atoms with Crippen molar-refractivity contribution in [2.24, 2.45) is 0 Å². The molecular formula is C57H39NO. The Balaban J connectivity index is 1.00. The summed E-state index contributed by atoms with van der Waals surface area (Å²) in [6.07, 6.45) is 2.19. The molecule has 59 heavy (non-hydrogen) atoms. The summed E-state index contributed by atoms with van der Waals surface area (Å²) in [5, 5.41) is 2.20. The molecule has 1 aromatic heterocycles. The zero-order valence-electron chi connectivity index (χ0n) is 32.5. The minimum Gasteiger partial charge on any atom is -0.456 e. The second-order valence-electron chi connectivity index (χ2n) is 16.0. The summed E-state index contributed by atoms with van der Waals surface area (Å²) in [4.78, 5) is 2.41. The van der Waals surface area contributed by atoms with Crippen molar-refractivity contribution in [2.75, 3.05) is 4.90 Å². The molecule has 1 heterocycles. The van der Waals surface area contributed by atoms with Gasteiger partial charge in [0.15, 0.2) is 0 Å². The lowest BCUT2D eigenvalue weighted by molar-refractivity contribution is 0.626. The van der Waals surface area contributed by atoms with Crippen LogP contribution in [0, 0.1) is 0 Å². The molecule has 278 valence electrons. The van der Waals surface area contributed by atoms with Crippen LogP contribution in [0.5, 0.6) is 0 Å². The standard InChI is InChI=1S/C57H39NO/c1-2-13-38(14-3-1)39-25-27-41(28-26-39)45-16-6-10-21-52(45)58(53-22-12-24-55-56(53)48-18-7-11-23-54(48)59-55)44-32-29-40(30-33-44)43-31-34-47-46-17-5-9-20-50(46)57(51(47)37-43)36-35-42-15-4-8-19-49(42)57/h1-34,37H,35-36H2. The quantitative estimate of drug-likeness (QED) is 0.168. The summed E-state index contributed by atoms with van der Waals surface area (Å²) in [5.41, 5.74) is 20.6. The van der Waals surface area contributed by atoms with Crippen molar-refractivity contribution in [1.82, 2.24) is 0 Å². The normalized spacial score (nSPS) is 15.1. The van der Waals surface area contributed by atoms with E-state index in [0.717, 1.165) is 63.0 Å². The van der Waals surface area contributed by atoms with Crippen molar-refractivity contribution in [3.8, 4) is 44.5 Å². The van der Waals surface area contributed by atoms with Crippen LogP contribution in [-0.4, -0.2) is 0 Å². The summed E-state index contributed by atoms with van der Waals surface area (Å²) in [6.45, 7) is 0. The van der Waals surface area contributed by atoms with Gasteiger partial charge >= 0.3 is 0 Å². The van der Waals surface area contributed by atoms with Crippen LogP contribution in [0.2, 0.25) is 0 Å². The van der Waals surface area contributed by atoms with Crippen LogP contribution in [0.1, 0.15) is 28.7 Å². The van der Waals surface area contributed by atoms with Crippen molar-refractivity contribution in [1.29, 1.82) is 0 Å². The van der Waals surface area contributed by atoms with Gasteiger partial charge in [-0.15, -0.1) is 0 Å². The van der Waals surface area contributed by atoms with Crippen LogP contribution in [0.15, 0.2) is 217 Å². The first kappa shape index (κ1) is 33.7. The largest absolute Gasteiger partial charge is 0.456 e. The fourth-order valence-corrected chi connectivity index (χ4v) is 10.3. The lowest BCUT2D eigenvalue weighted by Gasteiger charge is -2.29. The Labute approximate surface area is 344 Å². The molecule has 2 aliphatic rings. The smallest absolute Gasteiger partial charge is 0.137 e. The maximum Gasteiger partial charge on any atom is 0.137 e. The van der Waals surface area contributed by atoms with E-state index < -0.39 is 0 Å². The SMILES string of the molecule is c1ccc(-c2ccc(-c3ccccc3N(c3ccc(-c4ccc5c(c4)C4(CCc6ccccc64)c4ccccc4-5)cc3)c3cccc4oc5ccccc5c34)cc2)cc1. The highest BCUT2D eigenvalue weighted by Crippen LogP contribution is 2.59. The van der Waals surface area contributed by atoms with Crippen LogP contribution < -0.4 is 4.90 Å². The zero-order valence-corrected chi connectivity index (χ0v) is 32.5. The summed E-state index contributed by atoms with van der Waals surface area (Å²) >= 11 is 0. The van der Waals surface area contributed by atoms with Gasteiger partial charge in [0, 0.05) is 22.1 Å². The van der Waals surface area contributed by atoms with Crippen molar-refractivity contribution in [3.63, 3.8) is 0 Å². The second kappa shape index (κ2) is 13.3. The topological polar surface area (TPSA) is 16.4 Å². The van der Waals surface area contributed by atoms with E-state index in [1.54, 1.807) is 0 Å². The third-order valence-corrected chi connectivity index (χ3v) is 12.9. The van der Waals surface area contributed by atoms with E-state index in [2.05, 4.69) is 211 Å². The summed E-state index contributed by atoms with van der Waals surface area (Å²) in [7, 11) is 0. The molecule has 1 spiro atoms. The molecule has 0 saturated carbocycles. The molecule has 1 unspecified atom stereocenters. The third-order valence-electron chi connectivity index (χ3n) is 12.9. The van der Waals surface area contributed by atoms with Crippen LogP contribution in [-0.2, 0) is 11.8 Å². The highest BCUT2D eigenvalue weighted by molar-refractivity contribution is 6.14. The average molecular weight is 754 g/mol. The fraction of sp³-hybridized carbons (Fsp3) is 0.0526. The van der Waals surface area contributed by atoms with Gasteiger partial charge in [-0.2, -0.15) is 0 Å². The molecule has 2 nitrogen and oxygen atoms in total. The van der Waals surface area contributed by atoms with E-state index in [0.29, 0.717) is 0 Å². The molecule has 0 fully saturated rings. The van der Waals surface area contributed by atoms with Crippen LogP contribution in [0.4, 0.5) is 17.1 Å². The van der Waals surface area contributed by atoms with Gasteiger partial charge in [-0.25, -0.2) is 0 Å². The molecule has 2 aliphatic carbocycles. The monoisotopic (exact) mass is 753 g/mol. The van der Waals surface area contributed by atoms with Gasteiger partial charge in [0.05, 0.1) is 16.8 Å². The summed E-state index contributed by atoms with van der Waals surface area (Å²) in [6, 6.07) is 77.6. The van der Waals surface area contributed by atoms with Gasteiger partial charge in [0.1, 0.15) is 11.2 Å². The summed E-state index contributed by atoms with van der Waals surface area (Å²) in [5.74, 6) is 0. The van der Waals surface area contributed by atoms with Gasteiger partial charge in [-0.05, 0) is 117 Å². The Morgan fingerprint density at radius 2 is 0.983 bits per heavy atom. The maximum absolute atomic E-state index is 6.46. The number of anilines is 3. The van der Waals surface area contributed by atoms with Gasteiger partial charge in [0.2, 0.25) is 0 Å². The highest BCUT2D eigenvalue weighted by atomic mass is 16.3. The molecule has 0 radical (unpaired) electrons. The predicted octanol–water partition coefficient (Wildman–Crippen LogP) is 15.3. The Kier molecular flexibility index (Phi) is 7.61. The van der Waals surface area contributed by atoms with Gasteiger partial charge in [0.25, 0.3) is 0 Å². The number of rotatable bonds is 6. The van der Waals surface area contributed by atoms with E-state index in [4.69, 9.17) is 4.42 Å². The highest BCUT2D eigenvalue weighted by Gasteiger charge is 2.48. The van der Waals surface area contributed by atoms with Crippen molar-refractivity contribution >= 4 is 39.0 Å². The van der Waals surface area contributed by atoms with Gasteiger partial charge < -0.3 is 9.32 Å². The third kappa shape index (κ3) is 5.20. The number of hydrogen-bond acceptors (Lipinski definition) is 2. The molecule has 0 bridgehead atoms. The molecule has 10 aromatic rings. The zero-order chi connectivity index (χ0) is 38.9. The first-order chi connectivity index (χ1) is 29.2. The maximum atomic E-state index is 6.46. The minimum atomic E-state index is -0.121. The number of para-hydroxylation sites is 2. The molecule has 1 atom stereocenters. The lowest BCUT2D eigenvalue weighted by atomic mass is 9.73. The first-order valence-electron chi connectivity index (χ1n) is 20.6. The van der Waals surface area contributed by atoms with Gasteiger partial charge in [-0.1, -0.05) is 170 Å². The van der Waals surface area contributed by atoms with E-state index in [1.807, 2.05) is 6.07 Å². The van der Waals surface area contributed by atoms with Crippen LogP contribution in [0.3, 0.4) is 0 Å². The Morgan fingerprint density at radius 3 is 1.85 bits per heavy atom. The van der Waals surface area contributed by atoms with Gasteiger partial charge in [-0.3, -0.25) is 0 Å².